The second-order valence-corrected chi connectivity index (χ2v) is 4.00. The molecule has 0 aromatic heterocycles. The van der Waals surface area contributed by atoms with E-state index in [1.807, 2.05) is 0 Å². The summed E-state index contributed by atoms with van der Waals surface area (Å²) in [6, 6.07) is 0. The average Bonchev–Trinajstić information content (AvgIpc) is 1.86. The van der Waals surface area contributed by atoms with Crippen molar-refractivity contribution in [2.24, 2.45) is 5.92 Å². The number of carbonyl (C=O) groups is 1. The fourth-order valence-corrected chi connectivity index (χ4v) is 1.51. The highest BCUT2D eigenvalue weighted by molar-refractivity contribution is 5.69. The van der Waals surface area contributed by atoms with Crippen molar-refractivity contribution in [2.75, 3.05) is 27.2 Å². The number of aliphatic carboxylic acids is 1. The Morgan fingerprint density at radius 1 is 1.33 bits per heavy atom. The molecule has 0 unspecified atom stereocenters. The lowest BCUT2D eigenvalue weighted by Gasteiger charge is -2.35. The normalized spacial score (nSPS) is 22.8. The van der Waals surface area contributed by atoms with Gasteiger partial charge in [-0.25, -0.2) is 0 Å². The van der Waals surface area contributed by atoms with Crippen LogP contribution in [0.25, 0.3) is 0 Å². The van der Waals surface area contributed by atoms with E-state index in [9.17, 15) is 4.79 Å². The van der Waals surface area contributed by atoms with Crippen molar-refractivity contribution < 1.29 is 38.4 Å². The Hall–Kier alpha value is 0.160. The molecule has 1 N–H and O–H groups in total. The summed E-state index contributed by atoms with van der Waals surface area (Å²) in [6.45, 7) is 1.99. The number of piperidine rings is 1. The number of hydrogen-bond donors (Lipinski definition) is 1. The molecule has 1 aliphatic rings. The quantitative estimate of drug-likeness (QED) is 0.429. The van der Waals surface area contributed by atoms with Gasteiger partial charge in [0.2, 0.25) is 0 Å². The van der Waals surface area contributed by atoms with E-state index in [0.29, 0.717) is 0 Å². The first-order valence-corrected chi connectivity index (χ1v) is 4.06. The third kappa shape index (κ3) is 3.26. The Morgan fingerprint density at radius 3 is 2.08 bits per heavy atom. The molecule has 1 saturated heterocycles. The molecule has 12 heavy (non-hydrogen) atoms. The Morgan fingerprint density at radius 2 is 1.75 bits per heavy atom. The minimum absolute atomic E-state index is 0. The van der Waals surface area contributed by atoms with E-state index in [4.69, 9.17) is 5.11 Å². The summed E-state index contributed by atoms with van der Waals surface area (Å²) in [5.74, 6) is -0.703. The van der Waals surface area contributed by atoms with Gasteiger partial charge in [0.25, 0.3) is 0 Å². The predicted octanol–water partition coefficient (Wildman–Crippen LogP) is -2.44. The van der Waals surface area contributed by atoms with Gasteiger partial charge in [0, 0.05) is 12.8 Å². The van der Waals surface area contributed by atoms with Gasteiger partial charge in [0.05, 0.1) is 33.1 Å². The molecule has 4 heteroatoms. The fraction of sp³-hybridized carbons (Fsp3) is 0.875. The van der Waals surface area contributed by atoms with Gasteiger partial charge in [-0.2, -0.15) is 0 Å². The zero-order chi connectivity index (χ0) is 8.48. The van der Waals surface area contributed by atoms with E-state index in [2.05, 4.69) is 14.1 Å². The zero-order valence-electron chi connectivity index (χ0n) is 7.59. The molecular weight excluding hydrogens is 269 g/mol. The van der Waals surface area contributed by atoms with Gasteiger partial charge in [-0.3, -0.25) is 4.79 Å². The van der Waals surface area contributed by atoms with E-state index in [-0.39, 0.29) is 29.9 Å². The van der Waals surface area contributed by atoms with Crippen LogP contribution < -0.4 is 24.0 Å². The molecular formula is C8H16INO2. The van der Waals surface area contributed by atoms with Crippen molar-refractivity contribution >= 4 is 5.97 Å². The lowest BCUT2D eigenvalue weighted by atomic mass is 9.96. The third-order valence-electron chi connectivity index (χ3n) is 2.52. The van der Waals surface area contributed by atoms with E-state index < -0.39 is 5.97 Å². The highest BCUT2D eigenvalue weighted by Gasteiger charge is 2.29. The SMILES string of the molecule is C[N+]1(C)CCC(C(=O)O)CC1.[I-]. The van der Waals surface area contributed by atoms with Crippen LogP contribution in [-0.2, 0) is 4.79 Å². The maximum absolute atomic E-state index is 10.6. The van der Waals surface area contributed by atoms with Crippen LogP contribution >= 0.6 is 0 Å². The number of carboxylic acids is 1. The highest BCUT2D eigenvalue weighted by atomic mass is 127. The minimum atomic E-state index is -0.621. The lowest BCUT2D eigenvalue weighted by Crippen LogP contribution is -3.00. The number of rotatable bonds is 1. The molecule has 0 saturated carbocycles. The van der Waals surface area contributed by atoms with E-state index >= 15 is 0 Å². The Bertz CT molecular complexity index is 160. The van der Waals surface area contributed by atoms with Crippen LogP contribution in [-0.4, -0.2) is 42.7 Å². The zero-order valence-corrected chi connectivity index (χ0v) is 9.74. The highest BCUT2D eigenvalue weighted by Crippen LogP contribution is 2.19. The minimum Gasteiger partial charge on any atom is -1.00 e. The van der Waals surface area contributed by atoms with Crippen molar-refractivity contribution in [3.05, 3.63) is 0 Å². The van der Waals surface area contributed by atoms with Crippen molar-refractivity contribution in [1.82, 2.24) is 0 Å². The van der Waals surface area contributed by atoms with Crippen LogP contribution in [0.15, 0.2) is 0 Å². The molecule has 0 bridgehead atoms. The van der Waals surface area contributed by atoms with Crippen molar-refractivity contribution in [2.45, 2.75) is 12.8 Å². The number of nitrogens with zero attached hydrogens (tertiary/aromatic N) is 1. The number of halogens is 1. The summed E-state index contributed by atoms with van der Waals surface area (Å²) in [6.07, 6.45) is 1.67. The second kappa shape index (κ2) is 4.41. The van der Waals surface area contributed by atoms with Crippen LogP contribution in [0.2, 0.25) is 0 Å². The van der Waals surface area contributed by atoms with Crippen LogP contribution in [0, 0.1) is 5.92 Å². The first-order chi connectivity index (χ1) is 5.01. The predicted molar refractivity (Wildman–Crippen MR) is 42.2 cm³/mol. The van der Waals surface area contributed by atoms with E-state index in [1.165, 1.54) is 0 Å². The first kappa shape index (κ1) is 12.2. The van der Waals surface area contributed by atoms with Gasteiger partial charge in [-0.15, -0.1) is 0 Å². The summed E-state index contributed by atoms with van der Waals surface area (Å²) >= 11 is 0. The molecule has 0 amide bonds. The summed E-state index contributed by atoms with van der Waals surface area (Å²) in [5, 5.41) is 8.70. The molecule has 0 aromatic carbocycles. The van der Waals surface area contributed by atoms with Crippen molar-refractivity contribution in [3.8, 4) is 0 Å². The number of carboxylic acid groups (broad SMARTS) is 1. The van der Waals surface area contributed by atoms with Gasteiger partial charge < -0.3 is 33.6 Å². The smallest absolute Gasteiger partial charge is 0.306 e. The van der Waals surface area contributed by atoms with Gasteiger partial charge in [0.1, 0.15) is 0 Å². The standard InChI is InChI=1S/C8H15NO2.HI/c1-9(2)5-3-7(4-6-9)8(10)11;/h7H,3-6H2,1-2H3;1H. The Kier molecular flexibility index (Phi) is 4.47. The topological polar surface area (TPSA) is 37.3 Å². The molecule has 1 rings (SSSR count). The van der Waals surface area contributed by atoms with E-state index in [0.717, 1.165) is 30.4 Å². The monoisotopic (exact) mass is 285 g/mol. The molecule has 72 valence electrons. The van der Waals surface area contributed by atoms with Gasteiger partial charge in [0.15, 0.2) is 0 Å². The van der Waals surface area contributed by atoms with Crippen LogP contribution in [0.3, 0.4) is 0 Å². The molecule has 0 aliphatic carbocycles. The van der Waals surface area contributed by atoms with Crippen LogP contribution in [0.1, 0.15) is 12.8 Å². The summed E-state index contributed by atoms with van der Waals surface area (Å²) in [5.41, 5.74) is 0. The van der Waals surface area contributed by atoms with Crippen LogP contribution in [0.4, 0.5) is 0 Å². The summed E-state index contributed by atoms with van der Waals surface area (Å²) in [4.78, 5) is 10.6. The fourth-order valence-electron chi connectivity index (χ4n) is 1.51. The largest absolute Gasteiger partial charge is 1.00 e. The van der Waals surface area contributed by atoms with Crippen molar-refractivity contribution in [1.29, 1.82) is 0 Å². The molecule has 0 spiro atoms. The number of likely N-dealkylation sites (tertiary alicyclic amines) is 1. The number of quaternary nitrogens is 1. The molecule has 0 aromatic rings. The summed E-state index contributed by atoms with van der Waals surface area (Å²) < 4.78 is 0.976. The van der Waals surface area contributed by atoms with Crippen LogP contribution in [0.5, 0.6) is 0 Å². The Labute approximate surface area is 90.4 Å². The van der Waals surface area contributed by atoms with Crippen molar-refractivity contribution in [3.63, 3.8) is 0 Å². The lowest BCUT2D eigenvalue weighted by molar-refractivity contribution is -0.895. The van der Waals surface area contributed by atoms with E-state index in [1.54, 1.807) is 0 Å². The second-order valence-electron chi connectivity index (χ2n) is 4.00. The molecule has 1 fully saturated rings. The number of hydrogen-bond acceptors (Lipinski definition) is 1. The first-order valence-electron chi connectivity index (χ1n) is 4.06. The molecule has 3 nitrogen and oxygen atoms in total. The molecule has 1 aliphatic heterocycles. The maximum atomic E-state index is 10.6. The summed E-state index contributed by atoms with van der Waals surface area (Å²) in [7, 11) is 4.30. The Balaban J connectivity index is 0.00000121. The molecule has 1 heterocycles. The molecule has 0 atom stereocenters. The third-order valence-corrected chi connectivity index (χ3v) is 2.52. The van der Waals surface area contributed by atoms with Gasteiger partial charge >= 0.3 is 5.97 Å². The van der Waals surface area contributed by atoms with Gasteiger partial charge in [-0.1, -0.05) is 0 Å². The average molecular weight is 285 g/mol. The van der Waals surface area contributed by atoms with Gasteiger partial charge in [-0.05, 0) is 0 Å². The molecule has 0 radical (unpaired) electrons. The maximum Gasteiger partial charge on any atom is 0.306 e.